The third kappa shape index (κ3) is 5.31. The van der Waals surface area contributed by atoms with Crippen molar-refractivity contribution in [3.63, 3.8) is 0 Å². The van der Waals surface area contributed by atoms with E-state index in [9.17, 15) is 0 Å². The Morgan fingerprint density at radius 3 is 2.28 bits per heavy atom. The summed E-state index contributed by atoms with van der Waals surface area (Å²) < 4.78 is 0. The van der Waals surface area contributed by atoms with Crippen molar-refractivity contribution >= 4 is 34.8 Å². The molecule has 0 spiro atoms. The fourth-order valence-electron chi connectivity index (χ4n) is 2.31. The number of nitrogens with one attached hydrogen (secondary N) is 2. The SMILES string of the molecule is C[C@@H](NC(=S)Nc1ccc(Sc2ccccc2)nc1)c1ccccc1. The minimum absolute atomic E-state index is 0.141. The Labute approximate surface area is 157 Å². The lowest BCUT2D eigenvalue weighted by Gasteiger charge is -2.17. The first-order valence-electron chi connectivity index (χ1n) is 8.02. The van der Waals surface area contributed by atoms with E-state index in [1.54, 1.807) is 18.0 Å². The molecule has 2 N–H and O–H groups in total. The monoisotopic (exact) mass is 365 g/mol. The highest BCUT2D eigenvalue weighted by Gasteiger charge is 2.07. The smallest absolute Gasteiger partial charge is 0.171 e. The molecule has 0 aliphatic carbocycles. The Morgan fingerprint density at radius 1 is 0.960 bits per heavy atom. The van der Waals surface area contributed by atoms with E-state index in [2.05, 4.69) is 46.8 Å². The van der Waals surface area contributed by atoms with Crippen LogP contribution in [0.2, 0.25) is 0 Å². The molecule has 1 heterocycles. The molecule has 2 aromatic carbocycles. The molecule has 0 saturated heterocycles. The Balaban J connectivity index is 1.55. The van der Waals surface area contributed by atoms with Gasteiger partial charge in [-0.15, -0.1) is 0 Å². The summed E-state index contributed by atoms with van der Waals surface area (Å²) in [6.07, 6.45) is 1.80. The van der Waals surface area contributed by atoms with Gasteiger partial charge in [0.25, 0.3) is 0 Å². The molecule has 3 nitrogen and oxygen atoms in total. The fourth-order valence-corrected chi connectivity index (χ4v) is 3.38. The molecule has 3 aromatic rings. The fraction of sp³-hybridized carbons (Fsp3) is 0.100. The van der Waals surface area contributed by atoms with Gasteiger partial charge >= 0.3 is 0 Å². The molecule has 0 saturated carbocycles. The summed E-state index contributed by atoms with van der Waals surface area (Å²) in [5.41, 5.74) is 2.06. The molecule has 0 aliphatic rings. The standard InChI is InChI=1S/C20H19N3S2/c1-15(16-8-4-2-5-9-16)22-20(24)23-17-12-13-19(21-14-17)25-18-10-6-3-7-11-18/h2-15H,1H3,(H2,22,23,24)/t15-/m1/s1. The van der Waals surface area contributed by atoms with Crippen molar-refractivity contribution in [3.8, 4) is 0 Å². The number of hydrogen-bond donors (Lipinski definition) is 2. The van der Waals surface area contributed by atoms with Gasteiger partial charge in [-0.05, 0) is 49.0 Å². The molecular formula is C20H19N3S2. The van der Waals surface area contributed by atoms with Gasteiger partial charge in [0.1, 0.15) is 5.03 Å². The van der Waals surface area contributed by atoms with E-state index in [0.29, 0.717) is 5.11 Å². The van der Waals surface area contributed by atoms with Crippen molar-refractivity contribution in [1.29, 1.82) is 0 Å². The van der Waals surface area contributed by atoms with Gasteiger partial charge in [0.2, 0.25) is 0 Å². The van der Waals surface area contributed by atoms with Crippen LogP contribution >= 0.6 is 24.0 Å². The Bertz CT molecular complexity index is 805. The molecule has 0 bridgehead atoms. The Morgan fingerprint density at radius 2 is 1.64 bits per heavy atom. The predicted octanol–water partition coefficient (Wildman–Crippen LogP) is 5.28. The maximum absolute atomic E-state index is 5.39. The zero-order chi connectivity index (χ0) is 17.5. The highest BCUT2D eigenvalue weighted by molar-refractivity contribution is 7.99. The lowest BCUT2D eigenvalue weighted by Crippen LogP contribution is -2.30. The molecule has 3 rings (SSSR count). The molecule has 0 unspecified atom stereocenters. The van der Waals surface area contributed by atoms with Gasteiger partial charge in [0, 0.05) is 4.90 Å². The van der Waals surface area contributed by atoms with Crippen LogP contribution in [-0.4, -0.2) is 10.1 Å². The van der Waals surface area contributed by atoms with Crippen LogP contribution < -0.4 is 10.6 Å². The number of rotatable bonds is 5. The largest absolute Gasteiger partial charge is 0.356 e. The third-order valence-electron chi connectivity index (χ3n) is 3.61. The second kappa shape index (κ2) is 8.65. The minimum Gasteiger partial charge on any atom is -0.356 e. The van der Waals surface area contributed by atoms with Crippen molar-refractivity contribution < 1.29 is 0 Å². The van der Waals surface area contributed by atoms with Crippen LogP contribution in [0.25, 0.3) is 0 Å². The van der Waals surface area contributed by atoms with Crippen LogP contribution in [0.15, 0.2) is 88.9 Å². The first-order chi connectivity index (χ1) is 12.2. The van der Waals surface area contributed by atoms with Gasteiger partial charge in [-0.2, -0.15) is 0 Å². The highest BCUT2D eigenvalue weighted by atomic mass is 32.2. The molecule has 5 heteroatoms. The number of anilines is 1. The Kier molecular flexibility index (Phi) is 6.04. The van der Waals surface area contributed by atoms with Crippen LogP contribution in [0, 0.1) is 0 Å². The van der Waals surface area contributed by atoms with Gasteiger partial charge in [0.05, 0.1) is 17.9 Å². The quantitative estimate of drug-likeness (QED) is 0.602. The summed E-state index contributed by atoms with van der Waals surface area (Å²) in [7, 11) is 0. The maximum atomic E-state index is 5.39. The van der Waals surface area contributed by atoms with Crippen molar-refractivity contribution in [2.45, 2.75) is 22.9 Å². The zero-order valence-electron chi connectivity index (χ0n) is 13.8. The van der Waals surface area contributed by atoms with E-state index < -0.39 is 0 Å². The number of hydrogen-bond acceptors (Lipinski definition) is 3. The van der Waals surface area contributed by atoms with E-state index in [1.165, 1.54) is 10.5 Å². The lowest BCUT2D eigenvalue weighted by atomic mass is 10.1. The molecule has 0 fully saturated rings. The summed E-state index contributed by atoms with van der Waals surface area (Å²) >= 11 is 7.03. The Hall–Kier alpha value is -2.37. The summed E-state index contributed by atoms with van der Waals surface area (Å²) in [5, 5.41) is 8.01. The summed E-state index contributed by atoms with van der Waals surface area (Å²) in [4.78, 5) is 5.65. The van der Waals surface area contributed by atoms with Crippen LogP contribution in [-0.2, 0) is 0 Å². The van der Waals surface area contributed by atoms with Crippen molar-refractivity contribution in [2.24, 2.45) is 0 Å². The van der Waals surface area contributed by atoms with Crippen LogP contribution in [0.1, 0.15) is 18.5 Å². The van der Waals surface area contributed by atoms with Crippen LogP contribution in [0.4, 0.5) is 5.69 Å². The second-order valence-electron chi connectivity index (χ2n) is 5.53. The third-order valence-corrected chi connectivity index (χ3v) is 4.79. The van der Waals surface area contributed by atoms with Gasteiger partial charge in [-0.1, -0.05) is 60.3 Å². The lowest BCUT2D eigenvalue weighted by molar-refractivity contribution is 0.722. The predicted molar refractivity (Wildman–Crippen MR) is 109 cm³/mol. The van der Waals surface area contributed by atoms with Gasteiger partial charge in [-0.3, -0.25) is 0 Å². The summed E-state index contributed by atoms with van der Waals surface area (Å²) in [5.74, 6) is 0. The minimum atomic E-state index is 0.141. The van der Waals surface area contributed by atoms with Crippen molar-refractivity contribution in [2.75, 3.05) is 5.32 Å². The average molecular weight is 366 g/mol. The van der Waals surface area contributed by atoms with E-state index in [4.69, 9.17) is 12.2 Å². The number of thiocarbonyl (C=S) groups is 1. The molecular weight excluding hydrogens is 346 g/mol. The number of benzene rings is 2. The van der Waals surface area contributed by atoms with Crippen LogP contribution in [0.3, 0.4) is 0 Å². The number of aromatic nitrogens is 1. The van der Waals surface area contributed by atoms with Gasteiger partial charge in [-0.25, -0.2) is 4.98 Å². The first kappa shape index (κ1) is 17.5. The van der Waals surface area contributed by atoms with E-state index in [1.807, 2.05) is 48.5 Å². The molecule has 1 atom stereocenters. The molecule has 0 radical (unpaired) electrons. The van der Waals surface area contributed by atoms with E-state index >= 15 is 0 Å². The first-order valence-corrected chi connectivity index (χ1v) is 9.24. The maximum Gasteiger partial charge on any atom is 0.171 e. The summed E-state index contributed by atoms with van der Waals surface area (Å²) in [6, 6.07) is 24.5. The molecule has 1 aromatic heterocycles. The van der Waals surface area contributed by atoms with Crippen molar-refractivity contribution in [1.82, 2.24) is 10.3 Å². The average Bonchev–Trinajstić information content (AvgIpc) is 2.65. The molecule has 126 valence electrons. The van der Waals surface area contributed by atoms with Crippen LogP contribution in [0.5, 0.6) is 0 Å². The van der Waals surface area contributed by atoms with Gasteiger partial charge < -0.3 is 10.6 Å². The number of nitrogens with zero attached hydrogens (tertiary/aromatic N) is 1. The normalized spacial score (nSPS) is 11.6. The molecule has 0 aliphatic heterocycles. The van der Waals surface area contributed by atoms with Gasteiger partial charge in [0.15, 0.2) is 5.11 Å². The molecule has 25 heavy (non-hydrogen) atoms. The van der Waals surface area contributed by atoms with Crippen molar-refractivity contribution in [3.05, 3.63) is 84.6 Å². The second-order valence-corrected chi connectivity index (χ2v) is 7.03. The topological polar surface area (TPSA) is 37.0 Å². The highest BCUT2D eigenvalue weighted by Crippen LogP contribution is 2.26. The van der Waals surface area contributed by atoms with E-state index in [0.717, 1.165) is 10.7 Å². The molecule has 0 amide bonds. The van der Waals surface area contributed by atoms with E-state index in [-0.39, 0.29) is 6.04 Å². The number of pyridine rings is 1. The summed E-state index contributed by atoms with van der Waals surface area (Å²) in [6.45, 7) is 2.08. The zero-order valence-corrected chi connectivity index (χ0v) is 15.5.